The van der Waals surface area contributed by atoms with E-state index < -0.39 is 11.9 Å². The predicted octanol–water partition coefficient (Wildman–Crippen LogP) is 4.40. The Morgan fingerprint density at radius 1 is 1.24 bits per heavy atom. The summed E-state index contributed by atoms with van der Waals surface area (Å²) in [5.41, 5.74) is 1.54. The van der Waals surface area contributed by atoms with Crippen LogP contribution in [0.15, 0.2) is 53.7 Å². The zero-order valence-electron chi connectivity index (χ0n) is 14.9. The summed E-state index contributed by atoms with van der Waals surface area (Å²) in [6.07, 6.45) is -0.0454. The number of rotatable bonds is 5. The number of fused-ring (bicyclic) bond motifs is 1. The highest BCUT2D eigenvalue weighted by Gasteiger charge is 2.33. The maximum Gasteiger partial charge on any atom is 0.249 e. The maximum absolute atomic E-state index is 12.8. The van der Waals surface area contributed by atoms with Crippen LogP contribution in [0.2, 0.25) is 10.0 Å². The van der Waals surface area contributed by atoms with Gasteiger partial charge in [0.1, 0.15) is 6.04 Å². The molecular formula is C19H15Cl2N5O2S. The van der Waals surface area contributed by atoms with Gasteiger partial charge in [0, 0.05) is 10.8 Å². The van der Waals surface area contributed by atoms with Crippen LogP contribution >= 0.6 is 35.0 Å². The minimum absolute atomic E-state index is 0.0454. The molecule has 0 bridgehead atoms. The minimum atomic E-state index is -0.830. The molecule has 29 heavy (non-hydrogen) atoms. The molecule has 2 N–H and O–H groups in total. The summed E-state index contributed by atoms with van der Waals surface area (Å²) in [5, 5.41) is 11.1. The van der Waals surface area contributed by atoms with E-state index in [2.05, 4.69) is 20.7 Å². The Bertz CT molecular complexity index is 1070. The van der Waals surface area contributed by atoms with Crippen molar-refractivity contribution in [1.29, 1.82) is 0 Å². The molecule has 0 saturated carbocycles. The van der Waals surface area contributed by atoms with Crippen molar-refractivity contribution in [1.82, 2.24) is 14.8 Å². The molecule has 1 aliphatic rings. The molecule has 1 aliphatic heterocycles. The topological polar surface area (TPSA) is 88.9 Å². The minimum Gasteiger partial charge on any atom is -0.323 e. The van der Waals surface area contributed by atoms with Gasteiger partial charge in [0.2, 0.25) is 22.9 Å². The van der Waals surface area contributed by atoms with Crippen LogP contribution in [0.1, 0.15) is 18.0 Å². The number of hydrogen-bond donors (Lipinski definition) is 2. The molecule has 4 rings (SSSR count). The van der Waals surface area contributed by atoms with Gasteiger partial charge in [-0.05, 0) is 23.8 Å². The molecule has 7 nitrogen and oxygen atoms in total. The smallest absolute Gasteiger partial charge is 0.249 e. The van der Waals surface area contributed by atoms with Crippen molar-refractivity contribution >= 4 is 58.4 Å². The summed E-state index contributed by atoms with van der Waals surface area (Å²) >= 11 is 13.4. The number of amides is 2. The maximum atomic E-state index is 12.8. The van der Waals surface area contributed by atoms with E-state index in [9.17, 15) is 9.59 Å². The number of nitrogens with zero attached hydrogens (tertiary/aromatic N) is 3. The molecule has 10 heteroatoms. The van der Waals surface area contributed by atoms with Gasteiger partial charge in [-0.1, -0.05) is 65.3 Å². The molecule has 1 atom stereocenters. The molecule has 0 fully saturated rings. The van der Waals surface area contributed by atoms with E-state index in [1.54, 1.807) is 12.1 Å². The molecule has 148 valence electrons. The molecule has 1 aromatic heterocycles. The number of halogens is 2. The zero-order valence-corrected chi connectivity index (χ0v) is 17.3. The second-order valence-corrected chi connectivity index (χ2v) is 8.10. The van der Waals surface area contributed by atoms with E-state index in [1.165, 1.54) is 22.5 Å². The Labute approximate surface area is 180 Å². The zero-order chi connectivity index (χ0) is 20.4. The fourth-order valence-corrected chi connectivity index (χ4v) is 4.08. The van der Waals surface area contributed by atoms with Crippen LogP contribution in [0.4, 0.5) is 11.6 Å². The van der Waals surface area contributed by atoms with E-state index in [4.69, 9.17) is 23.2 Å². The van der Waals surface area contributed by atoms with Crippen molar-refractivity contribution in [3.05, 3.63) is 64.1 Å². The Balaban J connectivity index is 1.52. The molecule has 0 radical (unpaired) electrons. The van der Waals surface area contributed by atoms with Crippen molar-refractivity contribution in [3.63, 3.8) is 0 Å². The first-order chi connectivity index (χ1) is 14.0. The first kappa shape index (κ1) is 19.8. The highest BCUT2D eigenvalue weighted by atomic mass is 35.5. The summed E-state index contributed by atoms with van der Waals surface area (Å²) in [6, 6.07) is 13.8. The van der Waals surface area contributed by atoms with Crippen molar-refractivity contribution in [2.45, 2.75) is 23.4 Å². The first-order valence-electron chi connectivity index (χ1n) is 8.68. The number of aromatic nitrogens is 3. The van der Waals surface area contributed by atoms with Crippen LogP contribution in [0.3, 0.4) is 0 Å². The predicted molar refractivity (Wildman–Crippen MR) is 113 cm³/mol. The molecule has 1 unspecified atom stereocenters. The summed E-state index contributed by atoms with van der Waals surface area (Å²) in [7, 11) is 0. The third-order valence-electron chi connectivity index (χ3n) is 4.24. The molecule has 2 heterocycles. The van der Waals surface area contributed by atoms with Gasteiger partial charge in [-0.2, -0.15) is 4.98 Å². The van der Waals surface area contributed by atoms with Crippen LogP contribution in [0.25, 0.3) is 0 Å². The highest BCUT2D eigenvalue weighted by Crippen LogP contribution is 2.30. The average molecular weight is 448 g/mol. The number of anilines is 2. The van der Waals surface area contributed by atoms with Crippen LogP contribution in [-0.2, 0) is 15.3 Å². The van der Waals surface area contributed by atoms with E-state index in [-0.39, 0.29) is 18.3 Å². The van der Waals surface area contributed by atoms with E-state index in [0.29, 0.717) is 26.6 Å². The lowest BCUT2D eigenvalue weighted by molar-refractivity contribution is -0.125. The standard InChI is InChI=1S/C19H15Cl2N5O2S/c20-12-6-7-14(13(21)8-12)22-17(28)15-9-16(27)23-18-24-19(25-26(15)18)29-10-11-4-2-1-3-5-11/h1-8,15H,9-10H2,(H,22,28)(H,23,24,25,27). The first-order valence-corrected chi connectivity index (χ1v) is 10.4. The van der Waals surface area contributed by atoms with Gasteiger partial charge >= 0.3 is 0 Å². The number of hydrogen-bond acceptors (Lipinski definition) is 5. The molecular weight excluding hydrogens is 433 g/mol. The summed E-state index contributed by atoms with van der Waals surface area (Å²) in [5.74, 6) is 0.219. The van der Waals surface area contributed by atoms with Gasteiger partial charge < -0.3 is 5.32 Å². The number of nitrogens with one attached hydrogen (secondary N) is 2. The molecule has 0 aliphatic carbocycles. The van der Waals surface area contributed by atoms with Gasteiger partial charge in [0.15, 0.2) is 0 Å². The SMILES string of the molecule is O=C1CC(C(=O)Nc2ccc(Cl)cc2Cl)n2nc(SCc3ccccc3)nc2N1. The summed E-state index contributed by atoms with van der Waals surface area (Å²) in [6.45, 7) is 0. The van der Waals surface area contributed by atoms with Gasteiger partial charge in [0.05, 0.1) is 17.1 Å². The molecule has 0 spiro atoms. The molecule has 0 saturated heterocycles. The second-order valence-electron chi connectivity index (χ2n) is 6.32. The fourth-order valence-electron chi connectivity index (χ4n) is 2.84. The van der Waals surface area contributed by atoms with Crippen molar-refractivity contribution in [3.8, 4) is 0 Å². The van der Waals surface area contributed by atoms with Crippen LogP contribution in [0.5, 0.6) is 0 Å². The van der Waals surface area contributed by atoms with E-state index in [1.807, 2.05) is 30.3 Å². The van der Waals surface area contributed by atoms with Crippen LogP contribution in [0, 0.1) is 0 Å². The lowest BCUT2D eigenvalue weighted by Gasteiger charge is -2.22. The molecule has 3 aromatic rings. The number of carbonyl (C=O) groups excluding carboxylic acids is 2. The van der Waals surface area contributed by atoms with Crippen molar-refractivity contribution in [2.75, 3.05) is 10.6 Å². The lowest BCUT2D eigenvalue weighted by Crippen LogP contribution is -2.36. The summed E-state index contributed by atoms with van der Waals surface area (Å²) < 4.78 is 1.44. The Kier molecular flexibility index (Phi) is 5.75. The monoisotopic (exact) mass is 447 g/mol. The largest absolute Gasteiger partial charge is 0.323 e. The lowest BCUT2D eigenvalue weighted by atomic mass is 10.1. The van der Waals surface area contributed by atoms with Crippen molar-refractivity contribution in [2.24, 2.45) is 0 Å². The van der Waals surface area contributed by atoms with Crippen LogP contribution in [-0.4, -0.2) is 26.6 Å². The Hall–Kier alpha value is -2.55. The third kappa shape index (κ3) is 4.55. The number of carbonyl (C=O) groups is 2. The quantitative estimate of drug-likeness (QED) is 0.565. The third-order valence-corrected chi connectivity index (χ3v) is 5.70. The van der Waals surface area contributed by atoms with E-state index >= 15 is 0 Å². The van der Waals surface area contributed by atoms with Gasteiger partial charge in [-0.25, -0.2) is 4.68 Å². The van der Waals surface area contributed by atoms with Gasteiger partial charge in [0.25, 0.3) is 0 Å². The fraction of sp³-hybridized carbons (Fsp3) is 0.158. The Morgan fingerprint density at radius 2 is 2.03 bits per heavy atom. The second kappa shape index (κ2) is 8.44. The van der Waals surface area contributed by atoms with Crippen LogP contribution < -0.4 is 10.6 Å². The normalized spacial score (nSPS) is 15.5. The number of thioether (sulfide) groups is 1. The van der Waals surface area contributed by atoms with E-state index in [0.717, 1.165) is 5.56 Å². The molecule has 2 aromatic carbocycles. The molecule has 2 amide bonds. The average Bonchev–Trinajstić information content (AvgIpc) is 3.11. The summed E-state index contributed by atoms with van der Waals surface area (Å²) in [4.78, 5) is 29.2. The number of benzene rings is 2. The van der Waals surface area contributed by atoms with Crippen molar-refractivity contribution < 1.29 is 9.59 Å². The van der Waals surface area contributed by atoms with Gasteiger partial charge in [-0.3, -0.25) is 14.9 Å². The Morgan fingerprint density at radius 3 is 2.79 bits per heavy atom. The highest BCUT2D eigenvalue weighted by molar-refractivity contribution is 7.98. The van der Waals surface area contributed by atoms with Gasteiger partial charge in [-0.15, -0.1) is 5.10 Å².